The van der Waals surface area contributed by atoms with E-state index in [4.69, 9.17) is 24.4 Å². The van der Waals surface area contributed by atoms with Crippen molar-refractivity contribution in [2.45, 2.75) is 45.1 Å². The van der Waals surface area contributed by atoms with Crippen LogP contribution in [0.1, 0.15) is 20.3 Å². The molecule has 0 heterocycles. The minimum absolute atomic E-state index is 0.102. The number of aliphatic hydroxyl groups is 2. The van der Waals surface area contributed by atoms with E-state index in [2.05, 4.69) is 9.47 Å². The summed E-state index contributed by atoms with van der Waals surface area (Å²) >= 11 is 0. The lowest BCUT2D eigenvalue weighted by Crippen LogP contribution is -2.41. The van der Waals surface area contributed by atoms with Crippen molar-refractivity contribution in [3.8, 4) is 0 Å². The SMILES string of the molecule is CCOCC(OCO)OC(CC(OCC)OCO)C(F)(F)F. The van der Waals surface area contributed by atoms with Crippen LogP contribution >= 0.6 is 0 Å². The molecule has 0 radical (unpaired) electrons. The topological polar surface area (TPSA) is 86.6 Å². The number of hydrogen-bond acceptors (Lipinski definition) is 7. The molecule has 22 heavy (non-hydrogen) atoms. The Morgan fingerprint density at radius 1 is 0.909 bits per heavy atom. The largest absolute Gasteiger partial charge is 0.414 e. The zero-order chi connectivity index (χ0) is 17.0. The van der Waals surface area contributed by atoms with E-state index in [-0.39, 0.29) is 19.8 Å². The highest BCUT2D eigenvalue weighted by Crippen LogP contribution is 2.28. The molecular formula is C12H23F3O7. The molecular weight excluding hydrogens is 313 g/mol. The molecule has 2 N–H and O–H groups in total. The zero-order valence-electron chi connectivity index (χ0n) is 12.5. The van der Waals surface area contributed by atoms with Gasteiger partial charge >= 0.3 is 6.18 Å². The van der Waals surface area contributed by atoms with Gasteiger partial charge in [-0.2, -0.15) is 13.2 Å². The Bertz CT molecular complexity index is 260. The maximum atomic E-state index is 13.0. The fourth-order valence-electron chi connectivity index (χ4n) is 1.50. The third kappa shape index (κ3) is 9.51. The van der Waals surface area contributed by atoms with Crippen molar-refractivity contribution < 1.29 is 47.1 Å². The summed E-state index contributed by atoms with van der Waals surface area (Å²) in [6, 6.07) is 0. The van der Waals surface area contributed by atoms with Gasteiger partial charge in [-0.15, -0.1) is 0 Å². The summed E-state index contributed by atoms with van der Waals surface area (Å²) < 4.78 is 63.1. The van der Waals surface area contributed by atoms with Gasteiger partial charge in [-0.1, -0.05) is 0 Å². The van der Waals surface area contributed by atoms with Crippen LogP contribution in [0.2, 0.25) is 0 Å². The Morgan fingerprint density at radius 2 is 1.50 bits per heavy atom. The minimum Gasteiger partial charge on any atom is -0.376 e. The quantitative estimate of drug-likeness (QED) is 0.485. The molecule has 0 aromatic rings. The van der Waals surface area contributed by atoms with Crippen molar-refractivity contribution in [3.63, 3.8) is 0 Å². The molecule has 0 fully saturated rings. The maximum absolute atomic E-state index is 13.0. The molecule has 0 spiro atoms. The second-order valence-electron chi connectivity index (χ2n) is 3.97. The Balaban J connectivity index is 4.78. The van der Waals surface area contributed by atoms with Gasteiger partial charge in [0.25, 0.3) is 0 Å². The van der Waals surface area contributed by atoms with Gasteiger partial charge < -0.3 is 33.9 Å². The van der Waals surface area contributed by atoms with Gasteiger partial charge in [0.2, 0.25) is 0 Å². The number of aliphatic hydroxyl groups excluding tert-OH is 2. The van der Waals surface area contributed by atoms with Crippen LogP contribution in [-0.2, 0) is 23.7 Å². The average Bonchev–Trinajstić information content (AvgIpc) is 2.43. The molecule has 0 aliphatic rings. The highest BCUT2D eigenvalue weighted by Gasteiger charge is 2.44. The molecule has 0 saturated heterocycles. The summed E-state index contributed by atoms with van der Waals surface area (Å²) in [6.45, 7) is 1.70. The molecule has 7 nitrogen and oxygen atoms in total. The molecule has 0 amide bonds. The first-order chi connectivity index (χ1) is 10.4. The van der Waals surface area contributed by atoms with Gasteiger partial charge in [-0.05, 0) is 13.8 Å². The van der Waals surface area contributed by atoms with E-state index in [1.165, 1.54) is 0 Å². The molecule has 0 aromatic carbocycles. The molecule has 0 aliphatic carbocycles. The number of alkyl halides is 3. The van der Waals surface area contributed by atoms with Crippen LogP contribution in [0.5, 0.6) is 0 Å². The predicted molar refractivity (Wildman–Crippen MR) is 67.6 cm³/mol. The lowest BCUT2D eigenvalue weighted by atomic mass is 10.2. The second kappa shape index (κ2) is 12.0. The normalized spacial score (nSPS) is 16.5. The van der Waals surface area contributed by atoms with Crippen LogP contribution in [0.25, 0.3) is 0 Å². The lowest BCUT2D eigenvalue weighted by Gasteiger charge is -2.28. The number of rotatable bonds is 13. The Morgan fingerprint density at radius 3 is 1.95 bits per heavy atom. The van der Waals surface area contributed by atoms with E-state index in [0.717, 1.165) is 0 Å². The Hall–Kier alpha value is -0.490. The highest BCUT2D eigenvalue weighted by molar-refractivity contribution is 4.71. The van der Waals surface area contributed by atoms with Crippen LogP contribution in [-0.4, -0.2) is 68.5 Å². The van der Waals surface area contributed by atoms with E-state index in [9.17, 15) is 13.2 Å². The molecule has 134 valence electrons. The molecule has 0 rings (SSSR count). The molecule has 10 heteroatoms. The fourth-order valence-corrected chi connectivity index (χ4v) is 1.50. The van der Waals surface area contributed by atoms with E-state index in [1.54, 1.807) is 13.8 Å². The van der Waals surface area contributed by atoms with Crippen molar-refractivity contribution in [3.05, 3.63) is 0 Å². The standard InChI is InChI=1S/C12H23F3O7/c1-3-18-6-11(21-8-17)22-9(12(13,14)15)5-10(19-4-2)20-7-16/h9-11,16-17H,3-8H2,1-2H3. The van der Waals surface area contributed by atoms with Gasteiger partial charge in [0, 0.05) is 19.6 Å². The molecule has 0 aliphatic heterocycles. The van der Waals surface area contributed by atoms with E-state index < -0.39 is 44.9 Å². The van der Waals surface area contributed by atoms with E-state index >= 15 is 0 Å². The van der Waals surface area contributed by atoms with Crippen LogP contribution in [0.4, 0.5) is 13.2 Å². The van der Waals surface area contributed by atoms with Crippen molar-refractivity contribution in [2.75, 3.05) is 33.4 Å². The van der Waals surface area contributed by atoms with Crippen LogP contribution in [0, 0.1) is 0 Å². The van der Waals surface area contributed by atoms with Crippen molar-refractivity contribution in [1.82, 2.24) is 0 Å². The summed E-state index contributed by atoms with van der Waals surface area (Å²) in [4.78, 5) is 0. The maximum Gasteiger partial charge on any atom is 0.414 e. The third-order valence-corrected chi connectivity index (χ3v) is 2.42. The fraction of sp³-hybridized carbons (Fsp3) is 1.00. The first-order valence-electron chi connectivity index (χ1n) is 6.75. The second-order valence-corrected chi connectivity index (χ2v) is 3.97. The lowest BCUT2D eigenvalue weighted by molar-refractivity contribution is -0.306. The zero-order valence-corrected chi connectivity index (χ0v) is 12.5. The average molecular weight is 336 g/mol. The molecule has 3 atom stereocenters. The van der Waals surface area contributed by atoms with E-state index in [0.29, 0.717) is 0 Å². The molecule has 0 bridgehead atoms. The van der Waals surface area contributed by atoms with Gasteiger partial charge in [-0.3, -0.25) is 0 Å². The monoisotopic (exact) mass is 336 g/mol. The van der Waals surface area contributed by atoms with Crippen LogP contribution in [0.15, 0.2) is 0 Å². The number of ether oxygens (including phenoxy) is 5. The first-order valence-corrected chi connectivity index (χ1v) is 6.75. The van der Waals surface area contributed by atoms with Gasteiger partial charge in [0.05, 0.1) is 6.61 Å². The number of hydrogen-bond donors (Lipinski definition) is 2. The first kappa shape index (κ1) is 21.5. The van der Waals surface area contributed by atoms with Gasteiger partial charge in [0.15, 0.2) is 18.7 Å². The van der Waals surface area contributed by atoms with Crippen molar-refractivity contribution in [2.24, 2.45) is 0 Å². The van der Waals surface area contributed by atoms with Crippen molar-refractivity contribution >= 4 is 0 Å². The van der Waals surface area contributed by atoms with Crippen molar-refractivity contribution in [1.29, 1.82) is 0 Å². The van der Waals surface area contributed by atoms with Crippen LogP contribution < -0.4 is 0 Å². The van der Waals surface area contributed by atoms with Gasteiger partial charge in [-0.25, -0.2) is 0 Å². The molecule has 0 saturated carbocycles. The van der Waals surface area contributed by atoms with E-state index in [1.807, 2.05) is 0 Å². The van der Waals surface area contributed by atoms with Crippen LogP contribution in [0.3, 0.4) is 0 Å². The molecule has 3 unspecified atom stereocenters. The Kier molecular flexibility index (Phi) is 11.7. The predicted octanol–water partition coefficient (Wildman–Crippen LogP) is 0.982. The summed E-state index contributed by atoms with van der Waals surface area (Å²) in [5.74, 6) is 0. The Labute approximate surface area is 126 Å². The summed E-state index contributed by atoms with van der Waals surface area (Å²) in [7, 11) is 0. The minimum atomic E-state index is -4.71. The smallest absolute Gasteiger partial charge is 0.376 e. The highest BCUT2D eigenvalue weighted by atomic mass is 19.4. The van der Waals surface area contributed by atoms with Gasteiger partial charge in [0.1, 0.15) is 13.6 Å². The summed E-state index contributed by atoms with van der Waals surface area (Å²) in [6.07, 6.45) is -10.4. The summed E-state index contributed by atoms with van der Waals surface area (Å²) in [5.41, 5.74) is 0. The molecule has 0 aromatic heterocycles. The third-order valence-electron chi connectivity index (χ3n) is 2.42. The number of halogens is 3. The summed E-state index contributed by atoms with van der Waals surface area (Å²) in [5, 5.41) is 17.3.